The Morgan fingerprint density at radius 2 is 2.06 bits per heavy atom. The van der Waals surface area contributed by atoms with Crippen molar-refractivity contribution >= 4 is 17.7 Å². The van der Waals surface area contributed by atoms with Crippen LogP contribution in [-0.4, -0.2) is 84.4 Å². The molecule has 0 spiro atoms. The normalized spacial score (nSPS) is 27.2. The lowest BCUT2D eigenvalue weighted by atomic mass is 10.2. The Bertz CT molecular complexity index is 272. The topological polar surface area (TPSA) is 53.0 Å². The third kappa shape index (κ3) is 4.42. The number of ether oxygens (including phenoxy) is 1. The van der Waals surface area contributed by atoms with E-state index in [9.17, 15) is 4.79 Å². The van der Waals surface area contributed by atoms with Crippen molar-refractivity contribution in [2.24, 2.45) is 0 Å². The third-order valence-corrected chi connectivity index (χ3v) is 4.66. The molecule has 2 rings (SSSR count). The quantitative estimate of drug-likeness (QED) is 0.773. The fourth-order valence-corrected chi connectivity index (χ4v) is 3.60. The molecule has 2 saturated heterocycles. The summed E-state index contributed by atoms with van der Waals surface area (Å²) < 4.78 is 5.33. The standard InChI is InChI=1S/C12H22N2O3S/c15-12(16)9-11-10-18-8-5-14(11)2-1-13-3-6-17-7-4-13/h11H,1-10H2,(H,15,16). The number of carbonyl (C=O) groups is 1. The molecule has 5 nitrogen and oxygen atoms in total. The van der Waals surface area contributed by atoms with Crippen LogP contribution in [0.4, 0.5) is 0 Å². The minimum Gasteiger partial charge on any atom is -0.481 e. The number of aliphatic carboxylic acids is 1. The van der Waals surface area contributed by atoms with Crippen LogP contribution in [0.1, 0.15) is 6.42 Å². The molecule has 0 aromatic carbocycles. The monoisotopic (exact) mass is 274 g/mol. The number of morpholine rings is 1. The van der Waals surface area contributed by atoms with E-state index in [1.54, 1.807) is 0 Å². The summed E-state index contributed by atoms with van der Waals surface area (Å²) in [6.45, 7) is 6.71. The summed E-state index contributed by atoms with van der Waals surface area (Å²) in [5.41, 5.74) is 0. The van der Waals surface area contributed by atoms with E-state index in [0.29, 0.717) is 0 Å². The molecule has 0 aromatic heterocycles. The Labute approximate surface area is 112 Å². The van der Waals surface area contributed by atoms with Gasteiger partial charge in [0.15, 0.2) is 0 Å². The summed E-state index contributed by atoms with van der Waals surface area (Å²) in [4.78, 5) is 15.6. The van der Waals surface area contributed by atoms with Crippen LogP contribution in [0.5, 0.6) is 0 Å². The molecular formula is C12H22N2O3S. The van der Waals surface area contributed by atoms with Crippen LogP contribution in [0.2, 0.25) is 0 Å². The lowest BCUT2D eigenvalue weighted by Gasteiger charge is -2.36. The van der Waals surface area contributed by atoms with Gasteiger partial charge in [0, 0.05) is 50.3 Å². The van der Waals surface area contributed by atoms with Crippen molar-refractivity contribution in [1.29, 1.82) is 0 Å². The van der Waals surface area contributed by atoms with Crippen LogP contribution in [0.15, 0.2) is 0 Å². The number of rotatable bonds is 5. The van der Waals surface area contributed by atoms with E-state index in [4.69, 9.17) is 9.84 Å². The fourth-order valence-electron chi connectivity index (χ4n) is 2.47. The van der Waals surface area contributed by atoms with Gasteiger partial charge in [-0.1, -0.05) is 0 Å². The zero-order valence-corrected chi connectivity index (χ0v) is 11.5. The second kappa shape index (κ2) is 7.33. The summed E-state index contributed by atoms with van der Waals surface area (Å²) in [5, 5.41) is 8.94. The molecule has 0 amide bonds. The first-order valence-corrected chi connectivity index (χ1v) is 7.75. The van der Waals surface area contributed by atoms with Gasteiger partial charge in [0.05, 0.1) is 19.6 Å². The Morgan fingerprint density at radius 1 is 1.28 bits per heavy atom. The lowest BCUT2D eigenvalue weighted by molar-refractivity contribution is -0.138. The third-order valence-electron chi connectivity index (χ3n) is 3.57. The number of hydrogen-bond donors (Lipinski definition) is 1. The molecule has 0 radical (unpaired) electrons. The molecule has 18 heavy (non-hydrogen) atoms. The average molecular weight is 274 g/mol. The molecule has 0 aromatic rings. The molecule has 104 valence electrons. The number of hydrogen-bond acceptors (Lipinski definition) is 5. The van der Waals surface area contributed by atoms with Gasteiger partial charge in [0.25, 0.3) is 0 Å². The highest BCUT2D eigenvalue weighted by Gasteiger charge is 2.25. The zero-order chi connectivity index (χ0) is 12.8. The summed E-state index contributed by atoms with van der Waals surface area (Å²) in [5.74, 6) is 1.40. The number of thioether (sulfide) groups is 1. The van der Waals surface area contributed by atoms with Crippen molar-refractivity contribution in [3.63, 3.8) is 0 Å². The molecule has 0 aliphatic carbocycles. The van der Waals surface area contributed by atoms with Crippen LogP contribution in [-0.2, 0) is 9.53 Å². The zero-order valence-electron chi connectivity index (χ0n) is 10.7. The second-order valence-corrected chi connectivity index (χ2v) is 5.97. The Kier molecular flexibility index (Phi) is 5.75. The van der Waals surface area contributed by atoms with Gasteiger partial charge in [-0.3, -0.25) is 14.6 Å². The summed E-state index contributed by atoms with van der Waals surface area (Å²) >= 11 is 1.87. The van der Waals surface area contributed by atoms with Crippen LogP contribution < -0.4 is 0 Å². The van der Waals surface area contributed by atoms with Crippen LogP contribution in [0.25, 0.3) is 0 Å². The lowest BCUT2D eigenvalue weighted by Crippen LogP contribution is -2.48. The van der Waals surface area contributed by atoms with Crippen molar-refractivity contribution in [3.05, 3.63) is 0 Å². The highest BCUT2D eigenvalue weighted by Crippen LogP contribution is 2.18. The first-order valence-electron chi connectivity index (χ1n) is 6.59. The van der Waals surface area contributed by atoms with Gasteiger partial charge in [-0.15, -0.1) is 0 Å². The van der Waals surface area contributed by atoms with Crippen LogP contribution >= 0.6 is 11.8 Å². The minimum atomic E-state index is -0.682. The number of carboxylic acids is 1. The smallest absolute Gasteiger partial charge is 0.304 e. The molecule has 0 saturated carbocycles. The van der Waals surface area contributed by atoms with Gasteiger partial charge in [0.2, 0.25) is 0 Å². The maximum Gasteiger partial charge on any atom is 0.304 e. The highest BCUT2D eigenvalue weighted by molar-refractivity contribution is 7.99. The molecule has 2 fully saturated rings. The molecule has 2 heterocycles. The molecule has 1 atom stereocenters. The molecule has 1 N–H and O–H groups in total. The van der Waals surface area contributed by atoms with E-state index in [2.05, 4.69) is 9.80 Å². The van der Waals surface area contributed by atoms with Crippen molar-refractivity contribution in [2.75, 3.05) is 57.4 Å². The second-order valence-electron chi connectivity index (χ2n) is 4.82. The summed E-state index contributed by atoms with van der Waals surface area (Å²) in [6.07, 6.45) is 0.274. The van der Waals surface area contributed by atoms with Gasteiger partial charge < -0.3 is 9.84 Å². The first kappa shape index (κ1) is 14.1. The van der Waals surface area contributed by atoms with Gasteiger partial charge in [-0.05, 0) is 0 Å². The van der Waals surface area contributed by atoms with E-state index in [1.807, 2.05) is 11.8 Å². The molecule has 2 aliphatic heterocycles. The Balaban J connectivity index is 1.75. The Morgan fingerprint density at radius 3 is 2.78 bits per heavy atom. The largest absolute Gasteiger partial charge is 0.481 e. The predicted molar refractivity (Wildman–Crippen MR) is 72.2 cm³/mol. The molecule has 6 heteroatoms. The van der Waals surface area contributed by atoms with Crippen LogP contribution in [0, 0.1) is 0 Å². The van der Waals surface area contributed by atoms with Gasteiger partial charge in [-0.25, -0.2) is 0 Å². The van der Waals surface area contributed by atoms with Crippen molar-refractivity contribution in [1.82, 2.24) is 9.80 Å². The fraction of sp³-hybridized carbons (Fsp3) is 0.917. The summed E-state index contributed by atoms with van der Waals surface area (Å²) in [6, 6.07) is 0.210. The molecule has 1 unspecified atom stereocenters. The van der Waals surface area contributed by atoms with E-state index in [0.717, 1.165) is 57.4 Å². The first-order chi connectivity index (χ1) is 8.75. The predicted octanol–water partition coefficient (Wildman–Crippen LogP) is 0.211. The van der Waals surface area contributed by atoms with Crippen molar-refractivity contribution < 1.29 is 14.6 Å². The van der Waals surface area contributed by atoms with Crippen molar-refractivity contribution in [3.8, 4) is 0 Å². The van der Waals surface area contributed by atoms with Gasteiger partial charge >= 0.3 is 5.97 Å². The van der Waals surface area contributed by atoms with E-state index in [-0.39, 0.29) is 12.5 Å². The van der Waals surface area contributed by atoms with Crippen LogP contribution in [0.3, 0.4) is 0 Å². The van der Waals surface area contributed by atoms with E-state index in [1.165, 1.54) is 0 Å². The highest BCUT2D eigenvalue weighted by atomic mass is 32.2. The number of nitrogens with zero attached hydrogens (tertiary/aromatic N) is 2. The summed E-state index contributed by atoms with van der Waals surface area (Å²) in [7, 11) is 0. The van der Waals surface area contributed by atoms with Crippen molar-refractivity contribution in [2.45, 2.75) is 12.5 Å². The van der Waals surface area contributed by atoms with E-state index >= 15 is 0 Å². The van der Waals surface area contributed by atoms with Gasteiger partial charge in [-0.2, -0.15) is 11.8 Å². The molecule has 2 aliphatic rings. The molecule has 0 bridgehead atoms. The number of carboxylic acid groups (broad SMARTS) is 1. The van der Waals surface area contributed by atoms with E-state index < -0.39 is 5.97 Å². The van der Waals surface area contributed by atoms with Gasteiger partial charge in [0.1, 0.15) is 0 Å². The Hall–Kier alpha value is -0.300. The average Bonchev–Trinajstić information content (AvgIpc) is 2.38. The SMILES string of the molecule is O=C(O)CC1CSCCN1CCN1CCOCC1. The minimum absolute atomic E-state index is 0.210. The maximum absolute atomic E-state index is 10.9. The maximum atomic E-state index is 10.9. The molecular weight excluding hydrogens is 252 g/mol.